The van der Waals surface area contributed by atoms with Gasteiger partial charge in [0, 0.05) is 0 Å². The highest BCUT2D eigenvalue weighted by molar-refractivity contribution is 7.56. The van der Waals surface area contributed by atoms with Gasteiger partial charge in [0.05, 0.1) is 0 Å². The van der Waals surface area contributed by atoms with Crippen molar-refractivity contribution in [2.75, 3.05) is 13.3 Å². The molecule has 0 aliphatic heterocycles. The van der Waals surface area contributed by atoms with Gasteiger partial charge < -0.3 is 0 Å². The topological polar surface area (TPSA) is 0 Å². The van der Waals surface area contributed by atoms with Crippen LogP contribution in [0.1, 0.15) is 38.5 Å². The maximum Gasteiger partial charge on any atom is -0.0183 e. The van der Waals surface area contributed by atoms with Crippen molar-refractivity contribution in [3.63, 3.8) is 0 Å². The lowest BCUT2D eigenvalue weighted by molar-refractivity contribution is 0.280. The molecule has 0 N–H and O–H groups in total. The second-order valence-corrected chi connectivity index (χ2v) is 7.41. The predicted molar refractivity (Wildman–Crippen MR) is 57.2 cm³/mol. The summed E-state index contributed by atoms with van der Waals surface area (Å²) in [5, 5.41) is 0. The molecule has 3 unspecified atom stereocenters. The fourth-order valence-electron chi connectivity index (χ4n) is 3.34. The Kier molecular flexibility index (Phi) is 2.75. The van der Waals surface area contributed by atoms with Gasteiger partial charge in [0.1, 0.15) is 0 Å². The van der Waals surface area contributed by atoms with E-state index in [1.807, 2.05) is 0 Å². The molecule has 2 aliphatic rings. The molecular weight excluding hydrogens is 163 g/mol. The van der Waals surface area contributed by atoms with Gasteiger partial charge in [-0.05, 0) is 50.1 Å². The molecule has 2 rings (SSSR count). The van der Waals surface area contributed by atoms with Crippen LogP contribution >= 0.6 is 7.92 Å². The van der Waals surface area contributed by atoms with Crippen molar-refractivity contribution in [2.45, 2.75) is 44.2 Å². The minimum absolute atomic E-state index is 0.355. The molecule has 2 fully saturated rings. The maximum atomic E-state index is 2.48. The molecule has 0 aromatic rings. The Labute approximate surface area is 77.9 Å². The molecule has 0 nitrogen and oxygen atoms in total. The molecule has 0 radical (unpaired) electrons. The van der Waals surface area contributed by atoms with E-state index in [0.717, 1.165) is 17.5 Å². The molecule has 0 spiro atoms. The van der Waals surface area contributed by atoms with Crippen LogP contribution in [-0.4, -0.2) is 19.0 Å². The summed E-state index contributed by atoms with van der Waals surface area (Å²) in [6.07, 6.45) is 9.31. The Morgan fingerprint density at radius 1 is 0.917 bits per heavy atom. The third kappa shape index (κ3) is 1.55. The first kappa shape index (κ1) is 9.00. The van der Waals surface area contributed by atoms with Gasteiger partial charge in [-0.3, -0.25) is 0 Å². The van der Waals surface area contributed by atoms with Crippen LogP contribution in [0.2, 0.25) is 0 Å². The zero-order valence-electron chi connectivity index (χ0n) is 8.42. The van der Waals surface area contributed by atoms with Crippen molar-refractivity contribution in [3.8, 4) is 0 Å². The van der Waals surface area contributed by atoms with Crippen molar-refractivity contribution in [3.05, 3.63) is 0 Å². The molecule has 0 aromatic carbocycles. The van der Waals surface area contributed by atoms with Crippen LogP contribution in [0, 0.1) is 11.8 Å². The summed E-state index contributed by atoms with van der Waals surface area (Å²) >= 11 is 0. The SMILES string of the molecule is CP(C)C1CCC2CCCCC21. The molecule has 1 heteroatoms. The highest BCUT2D eigenvalue weighted by atomic mass is 31.1. The lowest BCUT2D eigenvalue weighted by atomic mass is 9.82. The smallest absolute Gasteiger partial charge is 0.0183 e. The summed E-state index contributed by atoms with van der Waals surface area (Å²) < 4.78 is 0. The fraction of sp³-hybridized carbons (Fsp3) is 1.00. The van der Waals surface area contributed by atoms with Crippen molar-refractivity contribution >= 4 is 7.92 Å². The monoisotopic (exact) mass is 184 g/mol. The number of fused-ring (bicyclic) bond motifs is 1. The largest absolute Gasteiger partial charge is 0.110 e. The molecule has 0 bridgehead atoms. The van der Waals surface area contributed by atoms with Gasteiger partial charge in [-0.15, -0.1) is 7.92 Å². The van der Waals surface area contributed by atoms with Gasteiger partial charge in [-0.1, -0.05) is 19.3 Å². The average molecular weight is 184 g/mol. The predicted octanol–water partition coefficient (Wildman–Crippen LogP) is 3.70. The number of hydrogen-bond acceptors (Lipinski definition) is 0. The van der Waals surface area contributed by atoms with Gasteiger partial charge in [-0.25, -0.2) is 0 Å². The summed E-state index contributed by atoms with van der Waals surface area (Å²) in [6.45, 7) is 4.97. The molecule has 12 heavy (non-hydrogen) atoms. The van der Waals surface area contributed by atoms with E-state index in [1.54, 1.807) is 25.7 Å². The molecule has 0 saturated heterocycles. The van der Waals surface area contributed by atoms with E-state index in [9.17, 15) is 0 Å². The minimum Gasteiger partial charge on any atom is -0.110 e. The van der Waals surface area contributed by atoms with E-state index in [4.69, 9.17) is 0 Å². The normalized spacial score (nSPS) is 41.8. The molecule has 0 heterocycles. The van der Waals surface area contributed by atoms with Crippen LogP contribution in [0.5, 0.6) is 0 Å². The van der Waals surface area contributed by atoms with E-state index in [0.29, 0.717) is 7.92 Å². The number of hydrogen-bond donors (Lipinski definition) is 0. The molecule has 3 atom stereocenters. The zero-order chi connectivity index (χ0) is 8.55. The summed E-state index contributed by atoms with van der Waals surface area (Å²) in [4.78, 5) is 0. The van der Waals surface area contributed by atoms with E-state index in [-0.39, 0.29) is 0 Å². The fourth-order valence-corrected chi connectivity index (χ4v) is 5.17. The highest BCUT2D eigenvalue weighted by Gasteiger charge is 2.38. The third-order valence-electron chi connectivity index (χ3n) is 3.96. The first-order valence-electron chi connectivity index (χ1n) is 5.45. The Balaban J connectivity index is 2.01. The molecule has 0 amide bonds. The summed E-state index contributed by atoms with van der Waals surface area (Å²) in [7, 11) is 0.355. The van der Waals surface area contributed by atoms with Crippen molar-refractivity contribution in [1.82, 2.24) is 0 Å². The van der Waals surface area contributed by atoms with Crippen molar-refractivity contribution in [2.24, 2.45) is 11.8 Å². The van der Waals surface area contributed by atoms with Crippen molar-refractivity contribution < 1.29 is 0 Å². The van der Waals surface area contributed by atoms with Crippen LogP contribution in [0.15, 0.2) is 0 Å². The van der Waals surface area contributed by atoms with Crippen LogP contribution in [0.4, 0.5) is 0 Å². The first-order chi connectivity index (χ1) is 5.79. The van der Waals surface area contributed by atoms with E-state index in [2.05, 4.69) is 13.3 Å². The Bertz CT molecular complexity index is 153. The lowest BCUT2D eigenvalue weighted by Gasteiger charge is -2.31. The summed E-state index contributed by atoms with van der Waals surface area (Å²) in [6, 6.07) is 0. The van der Waals surface area contributed by atoms with Gasteiger partial charge in [-0.2, -0.15) is 0 Å². The first-order valence-corrected chi connectivity index (χ1v) is 7.76. The highest BCUT2D eigenvalue weighted by Crippen LogP contribution is 2.53. The van der Waals surface area contributed by atoms with Crippen LogP contribution < -0.4 is 0 Å². The van der Waals surface area contributed by atoms with Gasteiger partial charge in [0.2, 0.25) is 0 Å². The maximum absolute atomic E-state index is 2.48. The summed E-state index contributed by atoms with van der Waals surface area (Å²) in [5.74, 6) is 2.30. The average Bonchev–Trinajstić information content (AvgIpc) is 2.47. The Morgan fingerprint density at radius 2 is 1.67 bits per heavy atom. The van der Waals surface area contributed by atoms with Gasteiger partial charge in [0.15, 0.2) is 0 Å². The molecular formula is C11H21P. The molecule has 0 aromatic heterocycles. The van der Waals surface area contributed by atoms with Crippen LogP contribution in [-0.2, 0) is 0 Å². The van der Waals surface area contributed by atoms with E-state index >= 15 is 0 Å². The molecule has 70 valence electrons. The minimum atomic E-state index is 0.355. The van der Waals surface area contributed by atoms with Gasteiger partial charge in [0.25, 0.3) is 0 Å². The molecule has 2 aliphatic carbocycles. The zero-order valence-corrected chi connectivity index (χ0v) is 9.32. The second kappa shape index (κ2) is 3.66. The van der Waals surface area contributed by atoms with Crippen LogP contribution in [0.3, 0.4) is 0 Å². The Hall–Kier alpha value is 0.430. The van der Waals surface area contributed by atoms with E-state index in [1.165, 1.54) is 12.8 Å². The summed E-state index contributed by atoms with van der Waals surface area (Å²) in [5.41, 5.74) is 1.14. The quantitative estimate of drug-likeness (QED) is 0.545. The number of rotatable bonds is 1. The third-order valence-corrected chi connectivity index (χ3v) is 5.93. The second-order valence-electron chi connectivity index (χ2n) is 4.82. The lowest BCUT2D eigenvalue weighted by Crippen LogP contribution is -2.21. The van der Waals surface area contributed by atoms with Gasteiger partial charge >= 0.3 is 0 Å². The standard InChI is InChI=1S/C11H21P/c1-12(2)11-8-7-9-5-3-4-6-10(9)11/h9-11H,3-8H2,1-2H3. The van der Waals surface area contributed by atoms with E-state index < -0.39 is 0 Å². The van der Waals surface area contributed by atoms with Crippen LogP contribution in [0.25, 0.3) is 0 Å². The molecule has 2 saturated carbocycles. The van der Waals surface area contributed by atoms with Crippen molar-refractivity contribution in [1.29, 1.82) is 0 Å². The Morgan fingerprint density at radius 3 is 2.42 bits per heavy atom.